The normalized spacial score (nSPS) is 15.0. The summed E-state index contributed by atoms with van der Waals surface area (Å²) in [6, 6.07) is 4.04. The van der Waals surface area contributed by atoms with E-state index in [1.165, 1.54) is 0 Å². The van der Waals surface area contributed by atoms with Crippen LogP contribution < -0.4 is 10.6 Å². The van der Waals surface area contributed by atoms with Crippen molar-refractivity contribution in [1.29, 1.82) is 0 Å². The van der Waals surface area contributed by atoms with Crippen LogP contribution in [0.2, 0.25) is 0 Å². The highest BCUT2D eigenvalue weighted by Crippen LogP contribution is 2.22. The molecule has 2 N–H and O–H groups in total. The monoisotopic (exact) mass is 345 g/mol. The van der Waals surface area contributed by atoms with Crippen LogP contribution in [0.1, 0.15) is 36.5 Å². The first-order valence-electron chi connectivity index (χ1n) is 8.69. The minimum atomic E-state index is -0.232. The molecule has 0 atom stereocenters. The lowest BCUT2D eigenvalue weighted by Gasteiger charge is -2.30. The predicted molar refractivity (Wildman–Crippen MR) is 97.3 cm³/mol. The van der Waals surface area contributed by atoms with Crippen molar-refractivity contribution in [3.8, 4) is 0 Å². The van der Waals surface area contributed by atoms with Crippen LogP contribution in [-0.4, -0.2) is 42.3 Å². The molecule has 1 aromatic carbocycles. The molecule has 136 valence electrons. The molecule has 1 heterocycles. The Hall–Kier alpha value is -2.37. The average Bonchev–Trinajstić information content (AvgIpc) is 2.56. The summed E-state index contributed by atoms with van der Waals surface area (Å²) in [5, 5.41) is 5.59. The molecular formula is C19H27N3O3. The van der Waals surface area contributed by atoms with Crippen molar-refractivity contribution in [2.75, 3.05) is 25.0 Å². The smallest absolute Gasteiger partial charge is 0.243 e. The topological polar surface area (TPSA) is 78.5 Å². The summed E-state index contributed by atoms with van der Waals surface area (Å²) < 4.78 is 0. The molecule has 0 aromatic heterocycles. The van der Waals surface area contributed by atoms with Gasteiger partial charge in [-0.2, -0.15) is 0 Å². The van der Waals surface area contributed by atoms with Gasteiger partial charge in [0.05, 0.1) is 6.54 Å². The Morgan fingerprint density at radius 3 is 2.16 bits per heavy atom. The Morgan fingerprint density at radius 1 is 1.08 bits per heavy atom. The van der Waals surface area contributed by atoms with E-state index < -0.39 is 0 Å². The number of rotatable bonds is 4. The van der Waals surface area contributed by atoms with Crippen LogP contribution in [0.25, 0.3) is 0 Å². The van der Waals surface area contributed by atoms with E-state index in [-0.39, 0.29) is 30.2 Å². The SMILES string of the molecule is CC(=O)N1CCC(C(=O)NCC(=O)Nc2c(C)cc(C)cc2C)CC1. The maximum Gasteiger partial charge on any atom is 0.243 e. The lowest BCUT2D eigenvalue weighted by atomic mass is 9.96. The minimum Gasteiger partial charge on any atom is -0.347 e. The number of hydrogen-bond donors (Lipinski definition) is 2. The van der Waals surface area contributed by atoms with Gasteiger partial charge >= 0.3 is 0 Å². The molecule has 1 aliphatic heterocycles. The van der Waals surface area contributed by atoms with Crippen LogP contribution in [0.3, 0.4) is 0 Å². The number of piperidine rings is 1. The summed E-state index contributed by atoms with van der Waals surface area (Å²) in [6.45, 7) is 8.62. The van der Waals surface area contributed by atoms with Crippen LogP contribution in [0, 0.1) is 26.7 Å². The Kier molecular flexibility index (Phi) is 6.17. The van der Waals surface area contributed by atoms with E-state index in [0.29, 0.717) is 25.9 Å². The summed E-state index contributed by atoms with van der Waals surface area (Å²) in [7, 11) is 0. The van der Waals surface area contributed by atoms with E-state index in [2.05, 4.69) is 10.6 Å². The van der Waals surface area contributed by atoms with Crippen molar-refractivity contribution in [2.45, 2.75) is 40.5 Å². The van der Waals surface area contributed by atoms with Crippen LogP contribution in [0.4, 0.5) is 5.69 Å². The van der Waals surface area contributed by atoms with E-state index in [9.17, 15) is 14.4 Å². The van der Waals surface area contributed by atoms with Crippen LogP contribution >= 0.6 is 0 Å². The van der Waals surface area contributed by atoms with Gasteiger partial charge in [-0.3, -0.25) is 14.4 Å². The number of aryl methyl sites for hydroxylation is 3. The third kappa shape index (κ3) is 5.05. The van der Waals surface area contributed by atoms with Gasteiger partial charge in [-0.15, -0.1) is 0 Å². The van der Waals surface area contributed by atoms with Crippen LogP contribution in [-0.2, 0) is 14.4 Å². The molecule has 0 saturated carbocycles. The molecule has 0 aliphatic carbocycles. The van der Waals surface area contributed by atoms with E-state index in [4.69, 9.17) is 0 Å². The van der Waals surface area contributed by atoms with Crippen molar-refractivity contribution in [3.05, 3.63) is 28.8 Å². The van der Waals surface area contributed by atoms with Crippen molar-refractivity contribution in [1.82, 2.24) is 10.2 Å². The first kappa shape index (κ1) is 19.0. The molecule has 0 bridgehead atoms. The summed E-state index contributed by atoms with van der Waals surface area (Å²) >= 11 is 0. The highest BCUT2D eigenvalue weighted by atomic mass is 16.2. The third-order valence-electron chi connectivity index (χ3n) is 4.68. The van der Waals surface area contributed by atoms with Gasteiger partial charge in [-0.25, -0.2) is 0 Å². The van der Waals surface area contributed by atoms with Gasteiger partial charge in [0.15, 0.2) is 0 Å². The number of amides is 3. The molecule has 1 aromatic rings. The van der Waals surface area contributed by atoms with E-state index in [1.54, 1.807) is 11.8 Å². The van der Waals surface area contributed by atoms with Crippen LogP contribution in [0.5, 0.6) is 0 Å². The second-order valence-corrected chi connectivity index (χ2v) is 6.82. The zero-order chi connectivity index (χ0) is 18.6. The number of nitrogens with one attached hydrogen (secondary N) is 2. The Bertz CT molecular complexity index is 653. The highest BCUT2D eigenvalue weighted by Gasteiger charge is 2.26. The largest absolute Gasteiger partial charge is 0.347 e. The molecule has 0 radical (unpaired) electrons. The van der Waals surface area contributed by atoms with Gasteiger partial charge in [0.25, 0.3) is 0 Å². The second kappa shape index (κ2) is 8.14. The number of anilines is 1. The summed E-state index contributed by atoms with van der Waals surface area (Å²) in [5.41, 5.74) is 3.97. The molecule has 0 spiro atoms. The number of likely N-dealkylation sites (tertiary alicyclic amines) is 1. The Labute approximate surface area is 149 Å². The third-order valence-corrected chi connectivity index (χ3v) is 4.68. The number of nitrogens with zero attached hydrogens (tertiary/aromatic N) is 1. The Morgan fingerprint density at radius 2 is 1.64 bits per heavy atom. The number of carbonyl (C=O) groups excluding carboxylic acids is 3. The summed E-state index contributed by atoms with van der Waals surface area (Å²) in [4.78, 5) is 37.4. The lowest BCUT2D eigenvalue weighted by molar-refractivity contribution is -0.134. The maximum atomic E-state index is 12.2. The van der Waals surface area contributed by atoms with Crippen LogP contribution in [0.15, 0.2) is 12.1 Å². The van der Waals surface area contributed by atoms with E-state index in [0.717, 1.165) is 22.4 Å². The molecule has 2 rings (SSSR count). The molecular weight excluding hydrogens is 318 g/mol. The van der Waals surface area contributed by atoms with Crippen molar-refractivity contribution >= 4 is 23.4 Å². The summed E-state index contributed by atoms with van der Waals surface area (Å²) in [6.07, 6.45) is 1.28. The molecule has 1 saturated heterocycles. The van der Waals surface area contributed by atoms with Gasteiger partial charge in [-0.1, -0.05) is 17.7 Å². The molecule has 3 amide bonds. The Balaban J connectivity index is 1.82. The quantitative estimate of drug-likeness (QED) is 0.875. The number of hydrogen-bond acceptors (Lipinski definition) is 3. The maximum absolute atomic E-state index is 12.2. The van der Waals surface area contributed by atoms with Gasteiger partial charge in [-0.05, 0) is 44.7 Å². The zero-order valence-electron chi connectivity index (χ0n) is 15.4. The van der Waals surface area contributed by atoms with E-state index >= 15 is 0 Å². The van der Waals surface area contributed by atoms with Gasteiger partial charge in [0.2, 0.25) is 17.7 Å². The van der Waals surface area contributed by atoms with Gasteiger partial charge in [0.1, 0.15) is 0 Å². The minimum absolute atomic E-state index is 0.0431. The molecule has 25 heavy (non-hydrogen) atoms. The fraction of sp³-hybridized carbons (Fsp3) is 0.526. The number of benzene rings is 1. The predicted octanol–water partition coefficient (Wildman–Crippen LogP) is 1.93. The van der Waals surface area contributed by atoms with E-state index in [1.807, 2.05) is 32.9 Å². The van der Waals surface area contributed by atoms with Gasteiger partial charge in [0, 0.05) is 31.6 Å². The van der Waals surface area contributed by atoms with Crippen molar-refractivity contribution < 1.29 is 14.4 Å². The lowest BCUT2D eigenvalue weighted by Crippen LogP contribution is -2.43. The zero-order valence-corrected chi connectivity index (χ0v) is 15.4. The summed E-state index contributed by atoms with van der Waals surface area (Å²) in [5.74, 6) is -0.436. The fourth-order valence-electron chi connectivity index (χ4n) is 3.33. The number of carbonyl (C=O) groups is 3. The molecule has 0 unspecified atom stereocenters. The molecule has 1 aliphatic rings. The highest BCUT2D eigenvalue weighted by molar-refractivity contribution is 5.96. The van der Waals surface area contributed by atoms with Gasteiger partial charge < -0.3 is 15.5 Å². The second-order valence-electron chi connectivity index (χ2n) is 6.82. The average molecular weight is 345 g/mol. The fourth-order valence-corrected chi connectivity index (χ4v) is 3.33. The standard InChI is InChI=1S/C19H27N3O3/c1-12-9-13(2)18(14(3)10-12)21-17(24)11-20-19(25)16-5-7-22(8-6-16)15(4)23/h9-10,16H,5-8,11H2,1-4H3,(H,20,25)(H,21,24). The molecule has 6 heteroatoms. The van der Waals surface area contributed by atoms with Crippen molar-refractivity contribution in [3.63, 3.8) is 0 Å². The first-order valence-corrected chi connectivity index (χ1v) is 8.69. The molecule has 1 fully saturated rings. The van der Waals surface area contributed by atoms with Crippen molar-refractivity contribution in [2.24, 2.45) is 5.92 Å². The molecule has 6 nitrogen and oxygen atoms in total. The first-order chi connectivity index (χ1) is 11.8.